The number of hydrogen-bond donors (Lipinski definition) is 1. The molecule has 21 heavy (non-hydrogen) atoms. The van der Waals surface area contributed by atoms with E-state index in [1.165, 1.54) is 50.5 Å². The van der Waals surface area contributed by atoms with Gasteiger partial charge in [-0.25, -0.2) is 0 Å². The van der Waals surface area contributed by atoms with Crippen LogP contribution in [-0.4, -0.2) is 31.6 Å². The van der Waals surface area contributed by atoms with Gasteiger partial charge in [0.1, 0.15) is 0 Å². The highest BCUT2D eigenvalue weighted by Gasteiger charge is 2.43. The van der Waals surface area contributed by atoms with Crippen LogP contribution in [0.4, 0.5) is 0 Å². The third-order valence-electron chi connectivity index (χ3n) is 6.01. The largest absolute Gasteiger partial charge is 0.311 e. The van der Waals surface area contributed by atoms with Crippen LogP contribution in [0.1, 0.15) is 68.0 Å². The summed E-state index contributed by atoms with van der Waals surface area (Å²) in [6, 6.07) is 9.85. The van der Waals surface area contributed by atoms with Crippen molar-refractivity contribution in [3.05, 3.63) is 35.4 Å². The van der Waals surface area contributed by atoms with Crippen molar-refractivity contribution in [1.29, 1.82) is 0 Å². The highest BCUT2D eigenvalue weighted by molar-refractivity contribution is 5.32. The lowest BCUT2D eigenvalue weighted by molar-refractivity contribution is 0.108. The molecule has 0 aliphatic heterocycles. The van der Waals surface area contributed by atoms with Crippen LogP contribution < -0.4 is 5.32 Å². The molecule has 0 amide bonds. The van der Waals surface area contributed by atoms with Gasteiger partial charge < -0.3 is 10.2 Å². The Hall–Kier alpha value is -0.860. The minimum absolute atomic E-state index is 0.285. The summed E-state index contributed by atoms with van der Waals surface area (Å²) < 4.78 is 0. The third-order valence-corrected chi connectivity index (χ3v) is 6.01. The second kappa shape index (κ2) is 6.10. The van der Waals surface area contributed by atoms with Crippen molar-refractivity contribution in [3.8, 4) is 0 Å². The van der Waals surface area contributed by atoms with Crippen molar-refractivity contribution in [2.75, 3.05) is 21.1 Å². The van der Waals surface area contributed by atoms with Crippen molar-refractivity contribution >= 4 is 0 Å². The van der Waals surface area contributed by atoms with E-state index in [2.05, 4.69) is 55.6 Å². The molecule has 3 rings (SSSR count). The summed E-state index contributed by atoms with van der Waals surface area (Å²) in [4.78, 5) is 2.47. The number of rotatable bonds is 5. The topological polar surface area (TPSA) is 15.3 Å². The molecule has 2 aliphatic rings. The smallest absolute Gasteiger partial charge is 0.0504 e. The molecular formula is C19H30N2. The van der Waals surface area contributed by atoms with E-state index < -0.39 is 0 Å². The van der Waals surface area contributed by atoms with E-state index in [1.54, 1.807) is 5.56 Å². The van der Waals surface area contributed by atoms with Crippen molar-refractivity contribution in [3.63, 3.8) is 0 Å². The Kier molecular flexibility index (Phi) is 4.37. The van der Waals surface area contributed by atoms with Gasteiger partial charge in [0.25, 0.3) is 0 Å². The van der Waals surface area contributed by atoms with Crippen molar-refractivity contribution in [2.24, 2.45) is 0 Å². The molecule has 116 valence electrons. The van der Waals surface area contributed by atoms with Gasteiger partial charge in [-0.1, -0.05) is 43.5 Å². The molecule has 0 spiro atoms. The maximum absolute atomic E-state index is 3.64. The standard InChI is InChI=1S/C19H30N2/c1-20-18(19(21(2)3)12-4-5-13-19)17-11-7-10-16(14-17)15-8-6-9-15/h7,10-11,14-15,18,20H,4-6,8-9,12-13H2,1-3H3. The Morgan fingerprint density at radius 2 is 1.86 bits per heavy atom. The van der Waals surface area contributed by atoms with Crippen LogP contribution in [0.3, 0.4) is 0 Å². The van der Waals surface area contributed by atoms with E-state index in [-0.39, 0.29) is 5.54 Å². The Labute approximate surface area is 129 Å². The SMILES string of the molecule is CNC(c1cccc(C2CCC2)c1)C1(N(C)C)CCCC1. The number of benzene rings is 1. The van der Waals surface area contributed by atoms with Gasteiger partial charge in [0.15, 0.2) is 0 Å². The van der Waals surface area contributed by atoms with Gasteiger partial charge in [0, 0.05) is 5.54 Å². The number of hydrogen-bond acceptors (Lipinski definition) is 2. The average Bonchev–Trinajstić information content (AvgIpc) is 2.89. The van der Waals surface area contributed by atoms with Crippen molar-refractivity contribution in [1.82, 2.24) is 10.2 Å². The fraction of sp³-hybridized carbons (Fsp3) is 0.684. The van der Waals surface area contributed by atoms with E-state index in [4.69, 9.17) is 0 Å². The Balaban J connectivity index is 1.91. The van der Waals surface area contributed by atoms with Crippen LogP contribution in [0.5, 0.6) is 0 Å². The monoisotopic (exact) mass is 286 g/mol. The number of nitrogens with zero attached hydrogens (tertiary/aromatic N) is 1. The lowest BCUT2D eigenvalue weighted by Crippen LogP contribution is -2.51. The Morgan fingerprint density at radius 1 is 1.14 bits per heavy atom. The van der Waals surface area contributed by atoms with Gasteiger partial charge in [-0.15, -0.1) is 0 Å². The average molecular weight is 286 g/mol. The van der Waals surface area contributed by atoms with Crippen LogP contribution in [0.25, 0.3) is 0 Å². The fourth-order valence-electron chi connectivity index (χ4n) is 4.46. The molecule has 0 aromatic heterocycles. The van der Waals surface area contributed by atoms with E-state index in [1.807, 2.05) is 0 Å². The molecule has 0 bridgehead atoms. The van der Waals surface area contributed by atoms with Gasteiger partial charge in [-0.3, -0.25) is 0 Å². The second-order valence-corrected chi connectivity index (χ2v) is 7.22. The van der Waals surface area contributed by atoms with E-state index in [0.717, 1.165) is 5.92 Å². The summed E-state index contributed by atoms with van der Waals surface area (Å²) in [7, 11) is 6.64. The molecule has 1 atom stereocenters. The number of nitrogens with one attached hydrogen (secondary N) is 1. The van der Waals surface area contributed by atoms with Crippen LogP contribution in [0.15, 0.2) is 24.3 Å². The van der Waals surface area contributed by atoms with E-state index in [9.17, 15) is 0 Å². The summed E-state index contributed by atoms with van der Waals surface area (Å²) in [5.41, 5.74) is 3.33. The van der Waals surface area contributed by atoms with Crippen molar-refractivity contribution in [2.45, 2.75) is 62.4 Å². The normalized spacial score (nSPS) is 23.2. The van der Waals surface area contributed by atoms with Gasteiger partial charge in [0.05, 0.1) is 6.04 Å². The molecule has 2 nitrogen and oxygen atoms in total. The summed E-state index contributed by atoms with van der Waals surface area (Å²) >= 11 is 0. The quantitative estimate of drug-likeness (QED) is 0.877. The molecule has 1 unspecified atom stereocenters. The first kappa shape index (κ1) is 15.1. The lowest BCUT2D eigenvalue weighted by Gasteiger charge is -2.43. The van der Waals surface area contributed by atoms with Gasteiger partial charge in [-0.2, -0.15) is 0 Å². The molecule has 0 radical (unpaired) electrons. The maximum Gasteiger partial charge on any atom is 0.0504 e. The lowest BCUT2D eigenvalue weighted by atomic mass is 9.77. The van der Waals surface area contributed by atoms with Crippen LogP contribution in [0.2, 0.25) is 0 Å². The minimum atomic E-state index is 0.285. The molecule has 2 aliphatic carbocycles. The molecule has 2 heteroatoms. The summed E-state index contributed by atoms with van der Waals surface area (Å²) in [6.07, 6.45) is 9.50. The first-order chi connectivity index (χ1) is 10.2. The second-order valence-electron chi connectivity index (χ2n) is 7.22. The Bertz CT molecular complexity index is 470. The zero-order valence-electron chi connectivity index (χ0n) is 13.9. The predicted molar refractivity (Wildman–Crippen MR) is 89.7 cm³/mol. The zero-order valence-corrected chi connectivity index (χ0v) is 13.9. The summed E-state index contributed by atoms with van der Waals surface area (Å²) in [6.45, 7) is 0. The van der Waals surface area contributed by atoms with Gasteiger partial charge in [0.2, 0.25) is 0 Å². The highest BCUT2D eigenvalue weighted by Crippen LogP contribution is 2.44. The molecule has 1 aromatic rings. The Morgan fingerprint density at radius 3 is 2.38 bits per heavy atom. The zero-order chi connectivity index (χ0) is 14.9. The van der Waals surface area contributed by atoms with E-state index in [0.29, 0.717) is 6.04 Å². The molecule has 1 N–H and O–H groups in total. The molecule has 1 aromatic carbocycles. The third kappa shape index (κ3) is 2.64. The maximum atomic E-state index is 3.64. The van der Waals surface area contributed by atoms with Crippen LogP contribution in [0, 0.1) is 0 Å². The van der Waals surface area contributed by atoms with Crippen LogP contribution in [-0.2, 0) is 0 Å². The molecule has 2 saturated carbocycles. The summed E-state index contributed by atoms with van der Waals surface area (Å²) in [5.74, 6) is 0.821. The predicted octanol–water partition coefficient (Wildman–Crippen LogP) is 4.09. The highest BCUT2D eigenvalue weighted by atomic mass is 15.2. The minimum Gasteiger partial charge on any atom is -0.311 e. The van der Waals surface area contributed by atoms with Gasteiger partial charge in [-0.05, 0) is 63.9 Å². The molecular weight excluding hydrogens is 256 g/mol. The summed E-state index contributed by atoms with van der Waals surface area (Å²) in [5, 5.41) is 3.64. The van der Waals surface area contributed by atoms with Crippen LogP contribution >= 0.6 is 0 Å². The van der Waals surface area contributed by atoms with E-state index >= 15 is 0 Å². The molecule has 2 fully saturated rings. The number of likely N-dealkylation sites (N-methyl/N-ethyl adjacent to an activating group) is 2. The van der Waals surface area contributed by atoms with Gasteiger partial charge >= 0.3 is 0 Å². The molecule has 0 heterocycles. The first-order valence-corrected chi connectivity index (χ1v) is 8.62. The first-order valence-electron chi connectivity index (χ1n) is 8.62. The molecule has 0 saturated heterocycles. The van der Waals surface area contributed by atoms with Crippen molar-refractivity contribution < 1.29 is 0 Å². The fourth-order valence-corrected chi connectivity index (χ4v) is 4.46.